The summed E-state index contributed by atoms with van der Waals surface area (Å²) in [6.45, 7) is 1.56. The van der Waals surface area contributed by atoms with Gasteiger partial charge in [0.05, 0.1) is 6.33 Å². The number of halogens is 1. The van der Waals surface area contributed by atoms with Crippen LogP contribution in [0.25, 0.3) is 11.2 Å². The predicted molar refractivity (Wildman–Crippen MR) is 159 cm³/mol. The van der Waals surface area contributed by atoms with Gasteiger partial charge in [-0.15, -0.1) is 0 Å². The molecule has 13 heteroatoms. The quantitative estimate of drug-likeness (QED) is 0.270. The molecule has 0 unspecified atom stereocenters. The summed E-state index contributed by atoms with van der Waals surface area (Å²) in [5.41, 5.74) is 6.21. The van der Waals surface area contributed by atoms with Crippen molar-refractivity contribution in [3.63, 3.8) is 0 Å². The van der Waals surface area contributed by atoms with Crippen LogP contribution in [0, 0.1) is 10.8 Å². The fourth-order valence-corrected chi connectivity index (χ4v) is 8.68. The zero-order chi connectivity index (χ0) is 30.5. The molecule has 0 amide bonds. The molecule has 0 aromatic carbocycles. The minimum atomic E-state index is -1.20. The van der Waals surface area contributed by atoms with Crippen molar-refractivity contribution in [2.75, 3.05) is 12.3 Å². The molecule has 2 spiro atoms. The van der Waals surface area contributed by atoms with Crippen LogP contribution < -0.4 is 5.73 Å². The monoisotopic (exact) mass is 631 g/mol. The number of aromatic nitrogens is 4. The number of hydrogen-bond acceptors (Lipinski definition) is 11. The predicted octanol–water partition coefficient (Wildman–Crippen LogP) is 6.64. The van der Waals surface area contributed by atoms with E-state index in [0.717, 1.165) is 25.7 Å². The maximum atomic E-state index is 13.0. The molecule has 5 fully saturated rings. The molecule has 2 aromatic rings. The fourth-order valence-electron chi connectivity index (χ4n) is 8.51. The number of nitrogen functional groups attached to an aromatic ring is 1. The van der Waals surface area contributed by atoms with Crippen LogP contribution in [0.4, 0.5) is 15.4 Å². The van der Waals surface area contributed by atoms with Crippen LogP contribution >= 0.6 is 11.6 Å². The van der Waals surface area contributed by atoms with Gasteiger partial charge in [-0.3, -0.25) is 4.57 Å². The average Bonchev–Trinajstić information content (AvgIpc) is 3.52. The Labute approximate surface area is 261 Å². The summed E-state index contributed by atoms with van der Waals surface area (Å²) in [4.78, 5) is 38.4. The van der Waals surface area contributed by atoms with E-state index in [1.807, 2.05) is 0 Å². The van der Waals surface area contributed by atoms with Crippen LogP contribution in [-0.2, 0) is 23.7 Å². The fraction of sp³-hybridized carbons (Fsp3) is 0.774. The third-order valence-electron chi connectivity index (χ3n) is 10.9. The first-order valence-electron chi connectivity index (χ1n) is 16.2. The summed E-state index contributed by atoms with van der Waals surface area (Å²) in [6, 6.07) is 0. The summed E-state index contributed by atoms with van der Waals surface area (Å²) in [6.07, 6.45) is 14.4. The van der Waals surface area contributed by atoms with Gasteiger partial charge in [-0.1, -0.05) is 38.5 Å². The Morgan fingerprint density at radius 1 is 0.932 bits per heavy atom. The Morgan fingerprint density at radius 3 is 2.14 bits per heavy atom. The van der Waals surface area contributed by atoms with E-state index in [9.17, 15) is 9.59 Å². The van der Waals surface area contributed by atoms with Crippen molar-refractivity contribution >= 4 is 40.9 Å². The smallest absolute Gasteiger partial charge is 0.431 e. The van der Waals surface area contributed by atoms with Crippen molar-refractivity contribution in [2.45, 2.75) is 133 Å². The normalized spacial score (nSPS) is 30.9. The lowest BCUT2D eigenvalue weighted by Gasteiger charge is -2.49. The second-order valence-electron chi connectivity index (χ2n) is 14.1. The van der Waals surface area contributed by atoms with E-state index in [1.165, 1.54) is 70.5 Å². The number of carbonyl (C=O) groups excluding carboxylic acids is 2. The van der Waals surface area contributed by atoms with Gasteiger partial charge in [0.25, 0.3) is 0 Å². The number of nitrogens with two attached hydrogens (primary N) is 1. The molecule has 7 rings (SSSR count). The SMILES string of the molecule is C[C@]1(COC(=O)OC2CC3(CCCCC3)C2)O[C@@H](n2cnc3c(N)nc(Cl)nc32)C[C@@H]1OC(=O)OC1CC2(CCCCC2)C1. The topological polar surface area (TPSA) is 150 Å². The van der Waals surface area contributed by atoms with E-state index in [1.54, 1.807) is 11.5 Å². The zero-order valence-electron chi connectivity index (χ0n) is 25.3. The lowest BCUT2D eigenvalue weighted by molar-refractivity contribution is -0.142. The number of rotatable bonds is 6. The van der Waals surface area contributed by atoms with Crippen LogP contribution in [0.15, 0.2) is 6.33 Å². The first kappa shape index (κ1) is 29.8. The molecular formula is C31H42ClN5O7. The van der Waals surface area contributed by atoms with E-state index < -0.39 is 30.2 Å². The maximum Gasteiger partial charge on any atom is 0.508 e. The van der Waals surface area contributed by atoms with E-state index in [2.05, 4.69) is 15.0 Å². The van der Waals surface area contributed by atoms with Gasteiger partial charge in [0.2, 0.25) is 5.28 Å². The van der Waals surface area contributed by atoms with Crippen LogP contribution in [-0.4, -0.2) is 62.3 Å². The molecule has 240 valence electrons. The number of imidazole rings is 1. The number of fused-ring (bicyclic) bond motifs is 1. The highest BCUT2D eigenvalue weighted by Gasteiger charge is 2.52. The van der Waals surface area contributed by atoms with Gasteiger partial charge in [0.15, 0.2) is 11.5 Å². The molecular weight excluding hydrogens is 590 g/mol. The highest BCUT2D eigenvalue weighted by molar-refractivity contribution is 6.28. The number of carbonyl (C=O) groups is 2. The van der Waals surface area contributed by atoms with Crippen LogP contribution in [0.3, 0.4) is 0 Å². The van der Waals surface area contributed by atoms with Gasteiger partial charge < -0.3 is 29.4 Å². The lowest BCUT2D eigenvalue weighted by atomic mass is 9.59. The summed E-state index contributed by atoms with van der Waals surface area (Å²) in [7, 11) is 0. The van der Waals surface area contributed by atoms with Gasteiger partial charge in [-0.25, -0.2) is 14.6 Å². The molecule has 2 N–H and O–H groups in total. The van der Waals surface area contributed by atoms with Crippen LogP contribution in [0.1, 0.15) is 109 Å². The minimum absolute atomic E-state index is 0.0257. The van der Waals surface area contributed by atoms with Crippen molar-refractivity contribution in [2.24, 2.45) is 10.8 Å². The van der Waals surface area contributed by atoms with Gasteiger partial charge in [0, 0.05) is 6.42 Å². The van der Waals surface area contributed by atoms with Gasteiger partial charge in [-0.2, -0.15) is 9.97 Å². The maximum absolute atomic E-state index is 13.0. The first-order valence-corrected chi connectivity index (χ1v) is 16.6. The Bertz CT molecular complexity index is 1390. The number of hydrogen-bond donors (Lipinski definition) is 1. The summed E-state index contributed by atoms with van der Waals surface area (Å²) in [5.74, 6) is 0.143. The molecule has 4 saturated carbocycles. The minimum Gasteiger partial charge on any atom is -0.431 e. The summed E-state index contributed by atoms with van der Waals surface area (Å²) in [5, 5.41) is -0.0257. The van der Waals surface area contributed by atoms with Gasteiger partial charge in [0.1, 0.15) is 42.3 Å². The number of ether oxygens (including phenoxy) is 5. The van der Waals surface area contributed by atoms with E-state index in [-0.39, 0.29) is 36.3 Å². The van der Waals surface area contributed by atoms with Crippen molar-refractivity contribution < 1.29 is 33.3 Å². The second kappa shape index (κ2) is 11.5. The van der Waals surface area contributed by atoms with E-state index in [4.69, 9.17) is 41.0 Å². The molecule has 5 aliphatic rings. The summed E-state index contributed by atoms with van der Waals surface area (Å²) < 4.78 is 30.9. The van der Waals surface area contributed by atoms with Crippen molar-refractivity contribution in [3.8, 4) is 0 Å². The molecule has 4 aliphatic carbocycles. The molecule has 1 aliphatic heterocycles. The van der Waals surface area contributed by atoms with Crippen LogP contribution in [0.5, 0.6) is 0 Å². The van der Waals surface area contributed by atoms with Crippen molar-refractivity contribution in [1.82, 2.24) is 19.5 Å². The molecule has 3 heterocycles. The first-order chi connectivity index (χ1) is 21.1. The lowest BCUT2D eigenvalue weighted by Crippen LogP contribution is -2.47. The molecule has 2 aromatic heterocycles. The highest BCUT2D eigenvalue weighted by atomic mass is 35.5. The zero-order valence-corrected chi connectivity index (χ0v) is 26.1. The highest BCUT2D eigenvalue weighted by Crippen LogP contribution is 2.54. The number of nitrogens with zero attached hydrogens (tertiary/aromatic N) is 4. The second-order valence-corrected chi connectivity index (χ2v) is 14.5. The molecule has 1 saturated heterocycles. The third-order valence-corrected chi connectivity index (χ3v) is 11.1. The Balaban J connectivity index is 1.01. The van der Waals surface area contributed by atoms with E-state index in [0.29, 0.717) is 22.0 Å². The number of anilines is 1. The van der Waals surface area contributed by atoms with Gasteiger partial charge >= 0.3 is 12.3 Å². The largest absolute Gasteiger partial charge is 0.508 e. The van der Waals surface area contributed by atoms with Gasteiger partial charge in [-0.05, 0) is 80.7 Å². The van der Waals surface area contributed by atoms with Crippen molar-refractivity contribution in [3.05, 3.63) is 11.6 Å². The Kier molecular flexibility index (Phi) is 7.79. The summed E-state index contributed by atoms with van der Waals surface area (Å²) >= 11 is 6.08. The molecule has 0 bridgehead atoms. The third kappa shape index (κ3) is 5.79. The molecule has 44 heavy (non-hydrogen) atoms. The average molecular weight is 632 g/mol. The Hall–Kier alpha value is -2.86. The molecule has 0 radical (unpaired) electrons. The molecule has 3 atom stereocenters. The Morgan fingerprint density at radius 2 is 1.52 bits per heavy atom. The molecule has 12 nitrogen and oxygen atoms in total. The van der Waals surface area contributed by atoms with Crippen molar-refractivity contribution in [1.29, 1.82) is 0 Å². The van der Waals surface area contributed by atoms with E-state index >= 15 is 0 Å². The standard InChI is InChI=1S/C31H42ClN5O7/c1-29(17-40-27(38)41-19-13-30(14-19)8-4-2-5-9-30)21(43-28(39)42-20-15-31(16-20)10-6-3-7-11-31)12-22(44-29)37-18-34-23-24(33)35-26(32)36-25(23)37/h18-22H,2-17H2,1H3,(H2,33,35,36)/t21-,22+,29+/m0/s1. The van der Waals surface area contributed by atoms with Crippen LogP contribution in [0.2, 0.25) is 5.28 Å².